The number of nitrogens with zero attached hydrogens (tertiary/aromatic N) is 5. The molecule has 0 saturated heterocycles. The van der Waals surface area contributed by atoms with E-state index in [-0.39, 0.29) is 18.2 Å². The highest BCUT2D eigenvalue weighted by Gasteiger charge is 2.23. The van der Waals surface area contributed by atoms with Crippen molar-refractivity contribution >= 4 is 23.6 Å². The summed E-state index contributed by atoms with van der Waals surface area (Å²) >= 11 is 1.30. The molecule has 1 aromatic carbocycles. The highest BCUT2D eigenvalue weighted by atomic mass is 32.2. The molecule has 0 aliphatic rings. The smallest absolute Gasteiger partial charge is 0.326 e. The minimum Gasteiger partial charge on any atom is -0.459 e. The van der Waals surface area contributed by atoms with Gasteiger partial charge in [0.25, 0.3) is 0 Å². The van der Waals surface area contributed by atoms with Crippen LogP contribution in [0.25, 0.3) is 5.69 Å². The van der Waals surface area contributed by atoms with Gasteiger partial charge in [-0.15, -0.1) is 10.2 Å². The lowest BCUT2D eigenvalue weighted by molar-refractivity contribution is -0.158. The van der Waals surface area contributed by atoms with Gasteiger partial charge in [0.05, 0.1) is 5.75 Å². The molecule has 0 fully saturated rings. The van der Waals surface area contributed by atoms with Crippen molar-refractivity contribution in [2.24, 2.45) is 0 Å². The maximum Gasteiger partial charge on any atom is 0.326 e. The van der Waals surface area contributed by atoms with Crippen molar-refractivity contribution in [2.45, 2.75) is 51.3 Å². The van der Waals surface area contributed by atoms with Crippen LogP contribution in [0.15, 0.2) is 35.7 Å². The van der Waals surface area contributed by atoms with Crippen LogP contribution in [0.2, 0.25) is 0 Å². The Morgan fingerprint density at radius 3 is 2.34 bits per heavy atom. The van der Waals surface area contributed by atoms with Gasteiger partial charge >= 0.3 is 5.97 Å². The Kier molecular flexibility index (Phi) is 9.27. The second kappa shape index (κ2) is 11.5. The predicted octanol–water partition coefficient (Wildman–Crippen LogP) is 3.21. The third-order valence-electron chi connectivity index (χ3n) is 4.59. The zero-order valence-electron chi connectivity index (χ0n) is 20.2. The van der Waals surface area contributed by atoms with Crippen molar-refractivity contribution in [1.29, 1.82) is 0 Å². The molecule has 0 bridgehead atoms. The summed E-state index contributed by atoms with van der Waals surface area (Å²) < 4.78 is 7.26. The van der Waals surface area contributed by atoms with Crippen LogP contribution in [0, 0.1) is 0 Å². The molecule has 0 aliphatic heterocycles. The lowest BCUT2D eigenvalue weighted by Gasteiger charge is -2.26. The molecule has 0 spiro atoms. The van der Waals surface area contributed by atoms with Crippen LogP contribution in [0.4, 0.5) is 0 Å². The van der Waals surface area contributed by atoms with Crippen molar-refractivity contribution in [1.82, 2.24) is 24.6 Å². The average Bonchev–Trinajstić information content (AvgIpc) is 3.16. The van der Waals surface area contributed by atoms with E-state index in [4.69, 9.17) is 4.74 Å². The van der Waals surface area contributed by atoms with Gasteiger partial charge in [-0.3, -0.25) is 14.2 Å². The predicted molar refractivity (Wildman–Crippen MR) is 127 cm³/mol. The second-order valence-electron chi connectivity index (χ2n) is 9.22. The van der Waals surface area contributed by atoms with E-state index < -0.39 is 11.6 Å². The molecule has 0 saturated carbocycles. The third kappa shape index (κ3) is 8.27. The van der Waals surface area contributed by atoms with Gasteiger partial charge in [-0.2, -0.15) is 0 Å². The maximum atomic E-state index is 12.9. The fraction of sp³-hybridized carbons (Fsp3) is 0.565. The molecule has 1 amide bonds. The molecule has 1 heterocycles. The lowest BCUT2D eigenvalue weighted by Crippen LogP contribution is -2.42. The van der Waals surface area contributed by atoms with E-state index >= 15 is 0 Å². The summed E-state index contributed by atoms with van der Waals surface area (Å²) in [4.78, 5) is 28.8. The Bertz CT molecular complexity index is 888. The topological polar surface area (TPSA) is 80.6 Å². The summed E-state index contributed by atoms with van der Waals surface area (Å²) in [5, 5.41) is 8.81. The van der Waals surface area contributed by atoms with Crippen molar-refractivity contribution < 1.29 is 14.3 Å². The molecule has 32 heavy (non-hydrogen) atoms. The number of thioether (sulfide) groups is 1. The first-order valence-electron chi connectivity index (χ1n) is 10.7. The quantitative estimate of drug-likeness (QED) is 0.397. The van der Waals surface area contributed by atoms with E-state index in [0.29, 0.717) is 24.2 Å². The number of carbonyl (C=O) groups excluding carboxylic acids is 2. The third-order valence-corrected chi connectivity index (χ3v) is 5.52. The summed E-state index contributed by atoms with van der Waals surface area (Å²) in [6, 6.07) is 8.22. The molecule has 1 aromatic heterocycles. The van der Waals surface area contributed by atoms with Gasteiger partial charge < -0.3 is 14.5 Å². The first kappa shape index (κ1) is 25.9. The number of likely N-dealkylation sites (N-methyl/N-ethyl adjacent to an activating group) is 1. The fourth-order valence-corrected chi connectivity index (χ4v) is 3.71. The average molecular weight is 462 g/mol. The molecular formula is C23H35N5O3S. The van der Waals surface area contributed by atoms with E-state index in [1.165, 1.54) is 17.3 Å². The van der Waals surface area contributed by atoms with Crippen LogP contribution in [0.1, 0.15) is 46.1 Å². The fourth-order valence-electron chi connectivity index (χ4n) is 2.88. The summed E-state index contributed by atoms with van der Waals surface area (Å²) in [7, 11) is 3.86. The number of hydrogen-bond donors (Lipinski definition) is 0. The molecular weight excluding hydrogens is 426 g/mol. The van der Waals surface area contributed by atoms with Gasteiger partial charge in [0, 0.05) is 18.8 Å². The molecule has 2 rings (SSSR count). The summed E-state index contributed by atoms with van der Waals surface area (Å²) in [6.07, 6.45) is 1.64. The van der Waals surface area contributed by atoms with Crippen molar-refractivity contribution in [3.8, 4) is 5.69 Å². The van der Waals surface area contributed by atoms with Gasteiger partial charge in [0.1, 0.15) is 18.5 Å². The minimum atomic E-state index is -0.594. The first-order valence-corrected chi connectivity index (χ1v) is 11.7. The standard InChI is InChI=1S/C23H35N5O3S/c1-17(2)18-8-10-19(11-9-18)28-16-24-25-22(28)32-15-20(29)27(13-12-26(6)7)14-21(30)31-23(3,4)5/h8-11,16-17H,12-15H2,1-7H3. The summed E-state index contributed by atoms with van der Waals surface area (Å²) in [5.74, 6) is 0.0453. The molecule has 0 unspecified atom stereocenters. The molecule has 2 aromatic rings. The van der Waals surface area contributed by atoms with Gasteiger partial charge in [0.15, 0.2) is 5.16 Å². The largest absolute Gasteiger partial charge is 0.459 e. The van der Waals surface area contributed by atoms with Gasteiger partial charge in [0.2, 0.25) is 5.91 Å². The van der Waals surface area contributed by atoms with Gasteiger partial charge in [-0.05, 0) is 58.5 Å². The summed E-state index contributed by atoms with van der Waals surface area (Å²) in [5.41, 5.74) is 1.60. The normalized spacial score (nSPS) is 11.8. The zero-order valence-corrected chi connectivity index (χ0v) is 21.0. The number of rotatable bonds is 10. The Hall–Kier alpha value is -2.39. The zero-order chi connectivity index (χ0) is 23.9. The molecule has 0 N–H and O–H groups in total. The van der Waals surface area contributed by atoms with Crippen LogP contribution in [0.5, 0.6) is 0 Å². The van der Waals surface area contributed by atoms with Crippen molar-refractivity contribution in [3.05, 3.63) is 36.2 Å². The van der Waals surface area contributed by atoms with E-state index in [1.807, 2.05) is 56.5 Å². The van der Waals surface area contributed by atoms with Crippen LogP contribution in [0.3, 0.4) is 0 Å². The first-order chi connectivity index (χ1) is 15.0. The molecule has 176 valence electrons. The summed E-state index contributed by atoms with van der Waals surface area (Å²) in [6.45, 7) is 10.8. The monoisotopic (exact) mass is 461 g/mol. The molecule has 0 aliphatic carbocycles. The molecule has 9 heteroatoms. The number of hydrogen-bond acceptors (Lipinski definition) is 7. The second-order valence-corrected chi connectivity index (χ2v) is 10.2. The van der Waals surface area contributed by atoms with Crippen LogP contribution in [-0.2, 0) is 14.3 Å². The minimum absolute atomic E-state index is 0.0755. The molecule has 0 radical (unpaired) electrons. The maximum absolute atomic E-state index is 12.9. The van der Waals surface area contributed by atoms with Crippen molar-refractivity contribution in [3.63, 3.8) is 0 Å². The number of benzene rings is 1. The van der Waals surface area contributed by atoms with E-state index in [1.54, 1.807) is 11.2 Å². The molecule has 8 nitrogen and oxygen atoms in total. The van der Waals surface area contributed by atoms with Crippen LogP contribution >= 0.6 is 11.8 Å². The Morgan fingerprint density at radius 1 is 1.12 bits per heavy atom. The Morgan fingerprint density at radius 2 is 1.78 bits per heavy atom. The van der Waals surface area contributed by atoms with E-state index in [0.717, 1.165) is 5.69 Å². The number of carbonyl (C=O) groups is 2. The lowest BCUT2D eigenvalue weighted by atomic mass is 10.0. The number of esters is 1. The van der Waals surface area contributed by atoms with Crippen LogP contribution in [-0.4, -0.2) is 81.5 Å². The van der Waals surface area contributed by atoms with Gasteiger partial charge in [-0.1, -0.05) is 37.7 Å². The molecule has 0 atom stereocenters. The Labute approximate surface area is 195 Å². The Balaban J connectivity index is 2.06. The highest BCUT2D eigenvalue weighted by Crippen LogP contribution is 2.22. The van der Waals surface area contributed by atoms with Crippen LogP contribution < -0.4 is 0 Å². The number of aromatic nitrogens is 3. The highest BCUT2D eigenvalue weighted by molar-refractivity contribution is 7.99. The van der Waals surface area contributed by atoms with E-state index in [9.17, 15) is 9.59 Å². The van der Waals surface area contributed by atoms with Crippen molar-refractivity contribution in [2.75, 3.05) is 39.5 Å². The number of ether oxygens (including phenoxy) is 1. The van der Waals surface area contributed by atoms with E-state index in [2.05, 4.69) is 36.2 Å². The van der Waals surface area contributed by atoms with Gasteiger partial charge in [-0.25, -0.2) is 0 Å². The SMILES string of the molecule is CC(C)c1ccc(-n2cnnc2SCC(=O)N(CCN(C)C)CC(=O)OC(C)(C)C)cc1. The number of amides is 1.